The highest BCUT2D eigenvalue weighted by Crippen LogP contribution is 2.47. The molecule has 1 aliphatic heterocycles. The van der Waals surface area contributed by atoms with Gasteiger partial charge in [-0.05, 0) is 99.1 Å². The molecule has 2 aromatic carbocycles. The number of pyridine rings is 1. The lowest BCUT2D eigenvalue weighted by atomic mass is 9.96. The SMILES string of the molecule is COc1ccc(OC)c(N2C(=S)N[C@H](c3ccccn3)[C@@H]2c2cc(C)n(-c3cc(C)cc(C)c3)c2C)c1. The lowest BCUT2D eigenvalue weighted by Crippen LogP contribution is -2.30. The second-order valence-electron chi connectivity index (χ2n) is 9.54. The number of aryl methyl sites for hydroxylation is 3. The maximum Gasteiger partial charge on any atom is 0.174 e. The van der Waals surface area contributed by atoms with E-state index in [1.807, 2.05) is 42.6 Å². The van der Waals surface area contributed by atoms with Gasteiger partial charge in [0.15, 0.2) is 5.11 Å². The number of aromatic nitrogens is 2. The summed E-state index contributed by atoms with van der Waals surface area (Å²) in [7, 11) is 3.34. The van der Waals surface area contributed by atoms with Crippen LogP contribution in [0.15, 0.2) is 66.9 Å². The number of benzene rings is 2. The van der Waals surface area contributed by atoms with E-state index in [2.05, 4.69) is 66.7 Å². The van der Waals surface area contributed by atoms with Gasteiger partial charge in [-0.2, -0.15) is 0 Å². The number of rotatable bonds is 6. The van der Waals surface area contributed by atoms with E-state index < -0.39 is 0 Å². The van der Waals surface area contributed by atoms with Crippen molar-refractivity contribution in [2.45, 2.75) is 39.8 Å². The van der Waals surface area contributed by atoms with Crippen LogP contribution in [0.5, 0.6) is 11.5 Å². The summed E-state index contributed by atoms with van der Waals surface area (Å²) in [5, 5.41) is 4.17. The van der Waals surface area contributed by atoms with Gasteiger partial charge < -0.3 is 24.3 Å². The highest BCUT2D eigenvalue weighted by Gasteiger charge is 2.43. The highest BCUT2D eigenvalue weighted by molar-refractivity contribution is 7.80. The fourth-order valence-corrected chi connectivity index (χ4v) is 5.82. The molecule has 0 radical (unpaired) electrons. The van der Waals surface area contributed by atoms with Crippen LogP contribution in [-0.4, -0.2) is 28.9 Å². The molecular weight excluding hydrogens is 480 g/mol. The van der Waals surface area contributed by atoms with Gasteiger partial charge >= 0.3 is 0 Å². The molecule has 0 aliphatic carbocycles. The van der Waals surface area contributed by atoms with Crippen LogP contribution in [0.4, 0.5) is 5.69 Å². The van der Waals surface area contributed by atoms with Crippen LogP contribution >= 0.6 is 12.2 Å². The molecule has 1 N–H and O–H groups in total. The Morgan fingerprint density at radius 2 is 1.65 bits per heavy atom. The fourth-order valence-electron chi connectivity index (χ4n) is 5.48. The summed E-state index contributed by atoms with van der Waals surface area (Å²) in [6, 6.07) is 20.4. The molecule has 5 rings (SSSR count). The van der Waals surface area contributed by atoms with Gasteiger partial charge in [0.1, 0.15) is 11.5 Å². The normalized spacial score (nSPS) is 17.1. The number of hydrogen-bond donors (Lipinski definition) is 1. The summed E-state index contributed by atoms with van der Waals surface area (Å²) >= 11 is 5.96. The van der Waals surface area contributed by atoms with Crippen LogP contribution in [0, 0.1) is 27.7 Å². The second kappa shape index (κ2) is 9.90. The minimum atomic E-state index is -0.158. The van der Waals surface area contributed by atoms with Crippen LogP contribution in [0.3, 0.4) is 0 Å². The van der Waals surface area contributed by atoms with E-state index in [1.54, 1.807) is 14.2 Å². The molecular formula is C30H32N4O2S. The molecule has 4 aromatic rings. The van der Waals surface area contributed by atoms with E-state index in [1.165, 1.54) is 16.7 Å². The fraction of sp³-hybridized carbons (Fsp3) is 0.267. The number of ether oxygens (including phenoxy) is 2. The van der Waals surface area contributed by atoms with Crippen molar-refractivity contribution in [2.24, 2.45) is 0 Å². The quantitative estimate of drug-likeness (QED) is 0.306. The van der Waals surface area contributed by atoms with Gasteiger partial charge in [0, 0.05) is 29.3 Å². The van der Waals surface area contributed by atoms with Gasteiger partial charge in [-0.15, -0.1) is 0 Å². The van der Waals surface area contributed by atoms with E-state index in [0.717, 1.165) is 40.0 Å². The number of methoxy groups -OCH3 is 2. The highest BCUT2D eigenvalue weighted by atomic mass is 32.1. The molecule has 2 aromatic heterocycles. The van der Waals surface area contributed by atoms with E-state index in [-0.39, 0.29) is 12.1 Å². The van der Waals surface area contributed by atoms with E-state index in [9.17, 15) is 0 Å². The number of thiocarbonyl (C=S) groups is 1. The third-order valence-corrected chi connectivity index (χ3v) is 7.31. The molecule has 7 heteroatoms. The predicted molar refractivity (Wildman–Crippen MR) is 152 cm³/mol. The molecule has 1 fully saturated rings. The third kappa shape index (κ3) is 4.44. The molecule has 3 heterocycles. The Kier molecular flexibility index (Phi) is 6.65. The molecule has 0 spiro atoms. The van der Waals surface area contributed by atoms with Gasteiger partial charge in [0.05, 0.1) is 37.7 Å². The summed E-state index contributed by atoms with van der Waals surface area (Å²) in [4.78, 5) is 6.85. The monoisotopic (exact) mass is 512 g/mol. The van der Waals surface area contributed by atoms with Gasteiger partial charge in [0.25, 0.3) is 0 Å². The van der Waals surface area contributed by atoms with Crippen LogP contribution in [0.1, 0.15) is 45.9 Å². The molecule has 2 atom stereocenters. The minimum Gasteiger partial charge on any atom is -0.497 e. The van der Waals surface area contributed by atoms with Crippen LogP contribution in [-0.2, 0) is 0 Å². The van der Waals surface area contributed by atoms with Crippen molar-refractivity contribution in [3.63, 3.8) is 0 Å². The largest absolute Gasteiger partial charge is 0.497 e. The molecule has 6 nitrogen and oxygen atoms in total. The number of nitrogens with zero attached hydrogens (tertiary/aromatic N) is 3. The summed E-state index contributed by atoms with van der Waals surface area (Å²) in [6.07, 6.45) is 1.82. The Balaban J connectivity index is 1.73. The van der Waals surface area contributed by atoms with Crippen LogP contribution in [0.25, 0.3) is 5.69 Å². The van der Waals surface area contributed by atoms with Crippen molar-refractivity contribution in [3.05, 3.63) is 101 Å². The van der Waals surface area contributed by atoms with Gasteiger partial charge in [0.2, 0.25) is 0 Å². The van der Waals surface area contributed by atoms with Crippen molar-refractivity contribution < 1.29 is 9.47 Å². The number of anilines is 1. The molecule has 0 saturated carbocycles. The second-order valence-corrected chi connectivity index (χ2v) is 9.93. The Morgan fingerprint density at radius 1 is 0.892 bits per heavy atom. The van der Waals surface area contributed by atoms with E-state index in [4.69, 9.17) is 26.7 Å². The van der Waals surface area contributed by atoms with Crippen molar-refractivity contribution in [3.8, 4) is 17.2 Å². The zero-order chi connectivity index (χ0) is 26.3. The molecule has 0 amide bonds. The Labute approximate surface area is 223 Å². The van der Waals surface area contributed by atoms with Crippen LogP contribution < -0.4 is 19.7 Å². The van der Waals surface area contributed by atoms with Crippen molar-refractivity contribution in [1.29, 1.82) is 0 Å². The van der Waals surface area contributed by atoms with Gasteiger partial charge in [-0.1, -0.05) is 12.1 Å². The standard InChI is InChI=1S/C30H32N4O2S/c1-18-13-19(2)15-22(14-18)33-20(3)16-24(21(33)4)29-28(25-9-7-8-12-31-25)32-30(37)34(29)26-17-23(35-5)10-11-27(26)36-6/h7-17,28-29H,1-6H3,(H,32,37)/t28-,29+/m1/s1. The van der Waals surface area contributed by atoms with Gasteiger partial charge in [-0.25, -0.2) is 0 Å². The Morgan fingerprint density at radius 3 is 2.30 bits per heavy atom. The molecule has 190 valence electrons. The smallest absolute Gasteiger partial charge is 0.174 e. The Bertz CT molecular complexity index is 1440. The average Bonchev–Trinajstić information content (AvgIpc) is 3.38. The average molecular weight is 513 g/mol. The first-order valence-electron chi connectivity index (χ1n) is 12.3. The zero-order valence-electron chi connectivity index (χ0n) is 22.1. The maximum absolute atomic E-state index is 5.96. The van der Waals surface area contributed by atoms with Gasteiger partial charge in [-0.3, -0.25) is 4.98 Å². The molecule has 1 saturated heterocycles. The first-order valence-corrected chi connectivity index (χ1v) is 12.7. The lowest BCUT2D eigenvalue weighted by molar-refractivity contribution is 0.403. The minimum absolute atomic E-state index is 0.155. The first-order chi connectivity index (χ1) is 17.8. The van der Waals surface area contributed by atoms with Crippen molar-refractivity contribution in [1.82, 2.24) is 14.9 Å². The predicted octanol–water partition coefficient (Wildman–Crippen LogP) is 6.30. The topological polar surface area (TPSA) is 51.6 Å². The van der Waals surface area contributed by atoms with Crippen molar-refractivity contribution >= 4 is 23.0 Å². The zero-order valence-corrected chi connectivity index (χ0v) is 22.9. The first kappa shape index (κ1) is 24.8. The lowest BCUT2D eigenvalue weighted by Gasteiger charge is -2.29. The van der Waals surface area contributed by atoms with Crippen molar-refractivity contribution in [2.75, 3.05) is 19.1 Å². The molecule has 37 heavy (non-hydrogen) atoms. The summed E-state index contributed by atoms with van der Waals surface area (Å²) in [6.45, 7) is 8.61. The maximum atomic E-state index is 5.96. The molecule has 1 aliphatic rings. The summed E-state index contributed by atoms with van der Waals surface area (Å²) < 4.78 is 13.7. The molecule has 0 unspecified atom stereocenters. The van der Waals surface area contributed by atoms with Crippen LogP contribution in [0.2, 0.25) is 0 Å². The summed E-state index contributed by atoms with van der Waals surface area (Å²) in [5.74, 6) is 1.46. The number of nitrogens with one attached hydrogen (secondary N) is 1. The Hall–Kier alpha value is -3.84. The third-order valence-electron chi connectivity index (χ3n) is 7.00. The van der Waals surface area contributed by atoms with E-state index >= 15 is 0 Å². The molecule has 0 bridgehead atoms. The number of hydrogen-bond acceptors (Lipinski definition) is 4. The van der Waals surface area contributed by atoms with E-state index in [0.29, 0.717) is 5.11 Å². The summed E-state index contributed by atoms with van der Waals surface area (Å²) in [5.41, 5.74) is 8.90.